The van der Waals surface area contributed by atoms with E-state index in [1.165, 1.54) is 36.7 Å². The van der Waals surface area contributed by atoms with Crippen molar-refractivity contribution < 1.29 is 4.74 Å². The number of benzene rings is 8. The molecule has 0 spiro atoms. The minimum atomic E-state index is -0.229. The van der Waals surface area contributed by atoms with Gasteiger partial charge in [0.2, 0.25) is 0 Å². The summed E-state index contributed by atoms with van der Waals surface area (Å²) in [6, 6.07) is 61.0. The summed E-state index contributed by atoms with van der Waals surface area (Å²) < 4.78 is 9.28. The zero-order valence-electron chi connectivity index (χ0n) is 26.5. The highest BCUT2D eigenvalue weighted by Crippen LogP contribution is 2.47. The van der Waals surface area contributed by atoms with Crippen LogP contribution in [-0.4, -0.2) is 0 Å². The number of thiophene rings is 1. The van der Waals surface area contributed by atoms with Gasteiger partial charge in [0.05, 0.1) is 5.69 Å². The number of anilines is 4. The average molecular weight is 647 g/mol. The smallest absolute Gasteiger partial charge is 0.196 e. The molecule has 8 aromatic carbocycles. The number of rotatable bonds is 5. The minimum absolute atomic E-state index is 0.229. The fourth-order valence-electron chi connectivity index (χ4n) is 7.28. The normalized spacial score (nSPS) is 13.8. The number of nitrogens with one attached hydrogen (secondary N) is 1. The first kappa shape index (κ1) is 28.0. The first-order valence-electron chi connectivity index (χ1n) is 16.6. The molecule has 1 atom stereocenters. The predicted octanol–water partition coefficient (Wildman–Crippen LogP) is 13.0. The molecule has 1 aliphatic heterocycles. The van der Waals surface area contributed by atoms with Crippen LogP contribution in [0.4, 0.5) is 22.7 Å². The van der Waals surface area contributed by atoms with E-state index in [2.05, 4.69) is 174 Å². The number of hydrogen-bond acceptors (Lipinski definition) is 4. The summed E-state index contributed by atoms with van der Waals surface area (Å²) in [4.78, 5) is 2.38. The topological polar surface area (TPSA) is 24.5 Å². The summed E-state index contributed by atoms with van der Waals surface area (Å²) in [6.07, 6.45) is -0.229. The van der Waals surface area contributed by atoms with Crippen LogP contribution in [0.25, 0.3) is 52.8 Å². The third-order valence-electron chi connectivity index (χ3n) is 9.67. The van der Waals surface area contributed by atoms with Crippen molar-refractivity contribution in [1.82, 2.24) is 0 Å². The molecule has 232 valence electrons. The summed E-state index contributed by atoms with van der Waals surface area (Å²) >= 11 is 1.85. The number of ether oxygens (including phenoxy) is 1. The molecule has 0 aliphatic carbocycles. The van der Waals surface area contributed by atoms with Crippen molar-refractivity contribution in [3.63, 3.8) is 0 Å². The van der Waals surface area contributed by atoms with E-state index < -0.39 is 0 Å². The van der Waals surface area contributed by atoms with Crippen molar-refractivity contribution in [2.24, 2.45) is 0 Å². The van der Waals surface area contributed by atoms with Gasteiger partial charge in [0.1, 0.15) is 0 Å². The SMILES string of the molecule is c1ccc(-c2ccc(N(c3ccc4c(c3)sc3ccccc34)c3ccc4ccc5ccc6c(c5c4c3)OC(c3ccccc3)N6)cc2)cc1. The molecule has 1 unspecified atom stereocenters. The Morgan fingerprint density at radius 1 is 0.490 bits per heavy atom. The number of hydrogen-bond donors (Lipinski definition) is 1. The standard InChI is InChI=1S/C45H30N2OS/c1-3-9-29(10-4-1)30-17-21-34(22-18-30)47(36-24-25-38-37-13-7-8-14-41(37)49-42(38)28-36)35-23-19-31-15-16-32-20-26-40-44(43(32)39(31)27-35)48-45(46-40)33-11-5-2-6-12-33/h1-28,45-46H. The van der Waals surface area contributed by atoms with Gasteiger partial charge in [-0.15, -0.1) is 11.3 Å². The Morgan fingerprint density at radius 2 is 1.12 bits per heavy atom. The first-order chi connectivity index (χ1) is 24.3. The van der Waals surface area contributed by atoms with Gasteiger partial charge in [-0.2, -0.15) is 0 Å². The quantitative estimate of drug-likeness (QED) is 0.188. The highest BCUT2D eigenvalue weighted by molar-refractivity contribution is 7.25. The number of nitrogens with zero attached hydrogens (tertiary/aromatic N) is 1. The van der Waals surface area contributed by atoms with Crippen molar-refractivity contribution in [3.8, 4) is 16.9 Å². The molecule has 0 saturated heterocycles. The Balaban J connectivity index is 1.15. The van der Waals surface area contributed by atoms with Gasteiger partial charge < -0.3 is 15.0 Å². The van der Waals surface area contributed by atoms with Gasteiger partial charge >= 0.3 is 0 Å². The van der Waals surface area contributed by atoms with Crippen LogP contribution in [-0.2, 0) is 0 Å². The second-order valence-electron chi connectivity index (χ2n) is 12.6. The van der Waals surface area contributed by atoms with Crippen molar-refractivity contribution in [1.29, 1.82) is 0 Å². The summed E-state index contributed by atoms with van der Waals surface area (Å²) in [6.45, 7) is 0. The maximum Gasteiger partial charge on any atom is 0.196 e. The molecule has 1 N–H and O–H groups in total. The first-order valence-corrected chi connectivity index (χ1v) is 17.4. The molecular weight excluding hydrogens is 617 g/mol. The minimum Gasteiger partial charge on any atom is -0.464 e. The lowest BCUT2D eigenvalue weighted by atomic mass is 9.99. The van der Waals surface area contributed by atoms with E-state index in [1.807, 2.05) is 17.4 Å². The molecule has 4 heteroatoms. The molecule has 0 fully saturated rings. The van der Waals surface area contributed by atoms with E-state index in [4.69, 9.17) is 4.74 Å². The zero-order valence-corrected chi connectivity index (χ0v) is 27.3. The van der Waals surface area contributed by atoms with E-state index >= 15 is 0 Å². The third kappa shape index (κ3) is 4.72. The Kier molecular flexibility index (Phi) is 6.42. The van der Waals surface area contributed by atoms with E-state index in [-0.39, 0.29) is 6.23 Å². The van der Waals surface area contributed by atoms with Gasteiger partial charge in [-0.3, -0.25) is 0 Å². The second kappa shape index (κ2) is 11.3. The van der Waals surface area contributed by atoms with E-state index in [0.29, 0.717) is 0 Å². The maximum absolute atomic E-state index is 6.69. The lowest BCUT2D eigenvalue weighted by molar-refractivity contribution is 0.263. The second-order valence-corrected chi connectivity index (χ2v) is 13.7. The Bertz CT molecular complexity index is 2670. The fourth-order valence-corrected chi connectivity index (χ4v) is 8.42. The summed E-state index contributed by atoms with van der Waals surface area (Å²) in [5.41, 5.74) is 7.85. The van der Waals surface area contributed by atoms with Gasteiger partial charge in [-0.25, -0.2) is 0 Å². The van der Waals surface area contributed by atoms with Crippen LogP contribution >= 0.6 is 11.3 Å². The van der Waals surface area contributed by atoms with Crippen LogP contribution in [0.2, 0.25) is 0 Å². The number of fused-ring (bicyclic) bond motifs is 8. The van der Waals surface area contributed by atoms with Crippen LogP contribution < -0.4 is 15.0 Å². The lowest BCUT2D eigenvalue weighted by Crippen LogP contribution is -2.10. The van der Waals surface area contributed by atoms with Crippen LogP contribution in [0.1, 0.15) is 11.8 Å². The average Bonchev–Trinajstić information content (AvgIpc) is 3.77. The Morgan fingerprint density at radius 3 is 1.98 bits per heavy atom. The van der Waals surface area contributed by atoms with E-state index in [9.17, 15) is 0 Å². The van der Waals surface area contributed by atoms with E-state index in [1.54, 1.807) is 0 Å². The van der Waals surface area contributed by atoms with Crippen molar-refractivity contribution in [3.05, 3.63) is 175 Å². The van der Waals surface area contributed by atoms with Crippen LogP contribution in [0.5, 0.6) is 5.75 Å². The van der Waals surface area contributed by atoms with Crippen LogP contribution in [0.3, 0.4) is 0 Å². The van der Waals surface area contributed by atoms with Gasteiger partial charge in [0, 0.05) is 48.2 Å². The highest BCUT2D eigenvalue weighted by atomic mass is 32.1. The molecule has 9 aromatic rings. The molecule has 49 heavy (non-hydrogen) atoms. The highest BCUT2D eigenvalue weighted by Gasteiger charge is 2.26. The van der Waals surface area contributed by atoms with Crippen molar-refractivity contribution in [2.75, 3.05) is 10.2 Å². The van der Waals surface area contributed by atoms with Gasteiger partial charge in [-0.1, -0.05) is 121 Å². The maximum atomic E-state index is 6.69. The summed E-state index contributed by atoms with van der Waals surface area (Å²) in [7, 11) is 0. The predicted molar refractivity (Wildman–Crippen MR) is 208 cm³/mol. The Labute approximate surface area is 288 Å². The fraction of sp³-hybridized carbons (Fsp3) is 0.0222. The lowest BCUT2D eigenvalue weighted by Gasteiger charge is -2.26. The van der Waals surface area contributed by atoms with Gasteiger partial charge in [0.15, 0.2) is 12.0 Å². The summed E-state index contributed by atoms with van der Waals surface area (Å²) in [5, 5.41) is 10.8. The molecule has 0 radical (unpaired) electrons. The van der Waals surface area contributed by atoms with Crippen molar-refractivity contribution in [2.45, 2.75) is 6.23 Å². The van der Waals surface area contributed by atoms with Crippen LogP contribution in [0, 0.1) is 0 Å². The molecule has 3 nitrogen and oxygen atoms in total. The van der Waals surface area contributed by atoms with Gasteiger partial charge in [-0.05, 0) is 75.8 Å². The molecule has 2 heterocycles. The monoisotopic (exact) mass is 646 g/mol. The van der Waals surface area contributed by atoms with E-state index in [0.717, 1.165) is 50.2 Å². The molecule has 1 aromatic heterocycles. The molecular formula is C45H30N2OS. The Hall–Kier alpha value is -6.10. The summed E-state index contributed by atoms with van der Waals surface area (Å²) in [5.74, 6) is 0.902. The molecule has 1 aliphatic rings. The molecule has 10 rings (SSSR count). The molecule has 0 saturated carbocycles. The van der Waals surface area contributed by atoms with Gasteiger partial charge in [0.25, 0.3) is 0 Å². The zero-order chi connectivity index (χ0) is 32.3. The third-order valence-corrected chi connectivity index (χ3v) is 10.8. The molecule has 0 amide bonds. The van der Waals surface area contributed by atoms with Crippen molar-refractivity contribution >= 4 is 75.8 Å². The molecule has 0 bridgehead atoms. The van der Waals surface area contributed by atoms with Crippen LogP contribution in [0.15, 0.2) is 170 Å². The largest absolute Gasteiger partial charge is 0.464 e.